The molecule has 0 bridgehead atoms. The third-order valence-corrected chi connectivity index (χ3v) is 3.13. The third-order valence-electron chi connectivity index (χ3n) is 2.64. The van der Waals surface area contributed by atoms with Crippen molar-refractivity contribution in [3.8, 4) is 0 Å². The van der Waals surface area contributed by atoms with Gasteiger partial charge in [-0.15, -0.1) is 0 Å². The maximum Gasteiger partial charge on any atom is 0.356 e. The van der Waals surface area contributed by atoms with E-state index in [0.717, 1.165) is 11.4 Å². The molecule has 0 aliphatic carbocycles. The lowest BCUT2D eigenvalue weighted by Crippen LogP contribution is -2.07. The van der Waals surface area contributed by atoms with Gasteiger partial charge >= 0.3 is 5.97 Å². The highest BCUT2D eigenvalue weighted by Gasteiger charge is 2.14. The van der Waals surface area contributed by atoms with Crippen LogP contribution in [0.15, 0.2) is 12.5 Å². The monoisotopic (exact) mass is 268 g/mol. The molecular weight excluding hydrogens is 256 g/mol. The SMILES string of the molecule is CCn1nc(C)c(Cl)c1Cn1cnc(C(=O)O)c1. The van der Waals surface area contributed by atoms with Crippen molar-refractivity contribution in [1.29, 1.82) is 0 Å². The molecule has 0 unspecified atom stereocenters. The van der Waals surface area contributed by atoms with Gasteiger partial charge in [0.1, 0.15) is 0 Å². The first-order valence-corrected chi connectivity index (χ1v) is 5.87. The van der Waals surface area contributed by atoms with Crippen LogP contribution in [0, 0.1) is 6.92 Å². The summed E-state index contributed by atoms with van der Waals surface area (Å²) < 4.78 is 3.48. The van der Waals surface area contributed by atoms with Crippen molar-refractivity contribution in [2.24, 2.45) is 0 Å². The van der Waals surface area contributed by atoms with Gasteiger partial charge in [0.2, 0.25) is 0 Å². The van der Waals surface area contributed by atoms with Crippen LogP contribution >= 0.6 is 11.6 Å². The second-order valence-corrected chi connectivity index (χ2v) is 4.28. The van der Waals surface area contributed by atoms with Crippen molar-refractivity contribution >= 4 is 17.6 Å². The van der Waals surface area contributed by atoms with Gasteiger partial charge in [-0.2, -0.15) is 5.10 Å². The largest absolute Gasteiger partial charge is 0.476 e. The first-order valence-electron chi connectivity index (χ1n) is 5.49. The summed E-state index contributed by atoms with van der Waals surface area (Å²) in [5.74, 6) is -1.04. The predicted molar refractivity (Wildman–Crippen MR) is 65.9 cm³/mol. The molecule has 2 rings (SSSR count). The summed E-state index contributed by atoms with van der Waals surface area (Å²) in [6, 6.07) is 0. The van der Waals surface area contributed by atoms with E-state index in [1.807, 2.05) is 13.8 Å². The van der Waals surface area contributed by atoms with Gasteiger partial charge in [-0.3, -0.25) is 4.68 Å². The Labute approximate surface area is 109 Å². The standard InChI is InChI=1S/C11H13ClN4O2/c1-3-16-9(10(12)7(2)14-16)5-15-4-8(11(17)18)13-6-15/h4,6H,3,5H2,1-2H3,(H,17,18). The Bertz CT molecular complexity index is 588. The number of hydrogen-bond donors (Lipinski definition) is 1. The summed E-state index contributed by atoms with van der Waals surface area (Å²) in [7, 11) is 0. The number of carboxylic acid groups (broad SMARTS) is 1. The van der Waals surface area contributed by atoms with Crippen LogP contribution < -0.4 is 0 Å². The average Bonchev–Trinajstić information content (AvgIpc) is 2.89. The Balaban J connectivity index is 2.30. The maximum absolute atomic E-state index is 10.7. The number of aromatic nitrogens is 4. The molecular formula is C11H13ClN4O2. The lowest BCUT2D eigenvalue weighted by Gasteiger charge is -2.05. The molecule has 0 aliphatic rings. The maximum atomic E-state index is 10.7. The molecule has 6 nitrogen and oxygen atoms in total. The molecule has 0 atom stereocenters. The Kier molecular flexibility index (Phi) is 3.38. The van der Waals surface area contributed by atoms with E-state index in [9.17, 15) is 4.79 Å². The molecule has 1 N–H and O–H groups in total. The number of nitrogens with zero attached hydrogens (tertiary/aromatic N) is 4. The third kappa shape index (κ3) is 2.24. The highest BCUT2D eigenvalue weighted by atomic mass is 35.5. The molecule has 0 aliphatic heterocycles. The number of halogens is 1. The van der Waals surface area contributed by atoms with Gasteiger partial charge < -0.3 is 9.67 Å². The fourth-order valence-electron chi connectivity index (χ4n) is 1.75. The minimum atomic E-state index is -1.04. The van der Waals surface area contributed by atoms with E-state index in [-0.39, 0.29) is 5.69 Å². The van der Waals surface area contributed by atoms with E-state index in [1.54, 1.807) is 9.25 Å². The molecule has 2 heterocycles. The highest BCUT2D eigenvalue weighted by molar-refractivity contribution is 6.31. The van der Waals surface area contributed by atoms with E-state index >= 15 is 0 Å². The van der Waals surface area contributed by atoms with Crippen molar-refractivity contribution in [1.82, 2.24) is 19.3 Å². The Morgan fingerprint density at radius 2 is 2.28 bits per heavy atom. The normalized spacial score (nSPS) is 10.8. The van der Waals surface area contributed by atoms with Crippen molar-refractivity contribution in [3.05, 3.63) is 34.6 Å². The molecule has 0 aromatic carbocycles. The van der Waals surface area contributed by atoms with E-state index in [2.05, 4.69) is 10.1 Å². The van der Waals surface area contributed by atoms with Crippen LogP contribution in [0.2, 0.25) is 5.02 Å². The number of rotatable bonds is 4. The molecule has 2 aromatic rings. The Morgan fingerprint density at radius 3 is 2.83 bits per heavy atom. The fourth-order valence-corrected chi connectivity index (χ4v) is 1.95. The van der Waals surface area contributed by atoms with Crippen LogP contribution in [0.3, 0.4) is 0 Å². The lowest BCUT2D eigenvalue weighted by atomic mass is 10.3. The van der Waals surface area contributed by atoms with Crippen LogP contribution in [-0.2, 0) is 13.1 Å². The van der Waals surface area contributed by atoms with E-state index < -0.39 is 5.97 Å². The number of carboxylic acids is 1. The molecule has 7 heteroatoms. The predicted octanol–water partition coefficient (Wildman–Crippen LogP) is 1.81. The minimum Gasteiger partial charge on any atom is -0.476 e. The van der Waals surface area contributed by atoms with Crippen LogP contribution in [0.25, 0.3) is 0 Å². The first kappa shape index (κ1) is 12.6. The fraction of sp³-hybridized carbons (Fsp3) is 0.364. The Hall–Kier alpha value is -1.82. The van der Waals surface area contributed by atoms with Crippen molar-refractivity contribution < 1.29 is 9.90 Å². The molecule has 96 valence electrons. The number of carbonyl (C=O) groups is 1. The molecule has 2 aromatic heterocycles. The summed E-state index contributed by atoms with van der Waals surface area (Å²) in [5.41, 5.74) is 1.64. The minimum absolute atomic E-state index is 0.0189. The summed E-state index contributed by atoms with van der Waals surface area (Å²) in [4.78, 5) is 14.5. The smallest absolute Gasteiger partial charge is 0.356 e. The molecule has 0 amide bonds. The number of hydrogen-bond acceptors (Lipinski definition) is 3. The molecule has 18 heavy (non-hydrogen) atoms. The second kappa shape index (κ2) is 4.81. The second-order valence-electron chi connectivity index (χ2n) is 3.90. The van der Waals surface area contributed by atoms with Gasteiger partial charge in [0.25, 0.3) is 0 Å². The molecule has 0 saturated heterocycles. The van der Waals surface area contributed by atoms with E-state index in [1.165, 1.54) is 12.5 Å². The first-order chi connectivity index (χ1) is 8.52. The highest BCUT2D eigenvalue weighted by Crippen LogP contribution is 2.21. The van der Waals surface area contributed by atoms with Gasteiger partial charge in [0, 0.05) is 12.7 Å². The van der Waals surface area contributed by atoms with Crippen LogP contribution in [0.5, 0.6) is 0 Å². The van der Waals surface area contributed by atoms with E-state index in [0.29, 0.717) is 18.1 Å². The van der Waals surface area contributed by atoms with Crippen molar-refractivity contribution in [2.75, 3.05) is 0 Å². The molecule has 0 saturated carbocycles. The van der Waals surface area contributed by atoms with Crippen molar-refractivity contribution in [2.45, 2.75) is 26.9 Å². The summed E-state index contributed by atoms with van der Waals surface area (Å²) in [5, 5.41) is 13.7. The zero-order valence-corrected chi connectivity index (χ0v) is 10.8. The van der Waals surface area contributed by atoms with Crippen LogP contribution in [0.4, 0.5) is 0 Å². The summed E-state index contributed by atoms with van der Waals surface area (Å²) >= 11 is 6.18. The number of imidazole rings is 1. The zero-order chi connectivity index (χ0) is 13.3. The van der Waals surface area contributed by atoms with Gasteiger partial charge in [-0.05, 0) is 13.8 Å². The lowest BCUT2D eigenvalue weighted by molar-refractivity contribution is 0.0691. The molecule has 0 fully saturated rings. The zero-order valence-electron chi connectivity index (χ0n) is 10.1. The average molecular weight is 269 g/mol. The van der Waals surface area contributed by atoms with Gasteiger partial charge in [-0.1, -0.05) is 11.6 Å². The van der Waals surface area contributed by atoms with Crippen molar-refractivity contribution in [3.63, 3.8) is 0 Å². The summed E-state index contributed by atoms with van der Waals surface area (Å²) in [6.45, 7) is 4.98. The van der Waals surface area contributed by atoms with Gasteiger partial charge in [-0.25, -0.2) is 9.78 Å². The Morgan fingerprint density at radius 1 is 1.56 bits per heavy atom. The topological polar surface area (TPSA) is 72.9 Å². The number of aryl methyl sites for hydroxylation is 2. The van der Waals surface area contributed by atoms with Gasteiger partial charge in [0.05, 0.1) is 29.3 Å². The molecule has 0 spiro atoms. The van der Waals surface area contributed by atoms with E-state index in [4.69, 9.17) is 16.7 Å². The number of aromatic carboxylic acids is 1. The van der Waals surface area contributed by atoms with Crippen LogP contribution in [0.1, 0.15) is 28.8 Å². The summed E-state index contributed by atoms with van der Waals surface area (Å²) in [6.07, 6.45) is 2.95. The van der Waals surface area contributed by atoms with Gasteiger partial charge in [0.15, 0.2) is 5.69 Å². The van der Waals surface area contributed by atoms with Crippen LogP contribution in [-0.4, -0.2) is 30.4 Å². The molecule has 0 radical (unpaired) electrons. The quantitative estimate of drug-likeness (QED) is 0.918.